The van der Waals surface area contributed by atoms with E-state index in [-0.39, 0.29) is 0 Å². The third-order valence-corrected chi connectivity index (χ3v) is 4.15. The van der Waals surface area contributed by atoms with Crippen molar-refractivity contribution < 1.29 is 0 Å². The van der Waals surface area contributed by atoms with Crippen molar-refractivity contribution in [1.82, 2.24) is 0 Å². The van der Waals surface area contributed by atoms with Crippen LogP contribution in [0.4, 0.5) is 0 Å². The highest BCUT2D eigenvalue weighted by molar-refractivity contribution is 6.46. The summed E-state index contributed by atoms with van der Waals surface area (Å²) < 4.78 is 0. The molecule has 100 valence electrons. The van der Waals surface area contributed by atoms with E-state index in [0.717, 1.165) is 16.7 Å². The number of hydrogen-bond acceptors (Lipinski definition) is 1. The smallest absolute Gasteiger partial charge is 0.0685 e. The van der Waals surface area contributed by atoms with Crippen LogP contribution in [0.15, 0.2) is 30.3 Å². The van der Waals surface area contributed by atoms with Gasteiger partial charge in [-0.15, -0.1) is 0 Å². The molecule has 0 heterocycles. The Bertz CT molecular complexity index is 611. The molecule has 2 rings (SSSR count). The van der Waals surface area contributed by atoms with E-state index in [1.807, 2.05) is 12.1 Å². The first-order valence-corrected chi connectivity index (χ1v) is 7.18. The van der Waals surface area contributed by atoms with Crippen molar-refractivity contribution in [3.8, 4) is 11.1 Å². The summed E-state index contributed by atoms with van der Waals surface area (Å²) in [5.41, 5.74) is 8.26. The molecular formula is C14H11Cl4N. The van der Waals surface area contributed by atoms with E-state index in [9.17, 15) is 0 Å². The van der Waals surface area contributed by atoms with Crippen LogP contribution in [0.25, 0.3) is 11.1 Å². The first kappa shape index (κ1) is 15.0. The quantitative estimate of drug-likeness (QED) is 0.740. The minimum Gasteiger partial charge on any atom is -0.330 e. The van der Waals surface area contributed by atoms with Crippen molar-refractivity contribution in [2.75, 3.05) is 6.54 Å². The number of nitrogens with two attached hydrogens (primary N) is 1. The summed E-state index contributed by atoms with van der Waals surface area (Å²) in [6.07, 6.45) is 0.690. The molecule has 0 atom stereocenters. The van der Waals surface area contributed by atoms with E-state index in [0.29, 0.717) is 33.1 Å². The fourth-order valence-corrected chi connectivity index (χ4v) is 2.87. The van der Waals surface area contributed by atoms with Gasteiger partial charge in [-0.25, -0.2) is 0 Å². The van der Waals surface area contributed by atoms with E-state index in [1.54, 1.807) is 18.2 Å². The first-order chi connectivity index (χ1) is 9.04. The average Bonchev–Trinajstić information content (AvgIpc) is 2.37. The van der Waals surface area contributed by atoms with Crippen molar-refractivity contribution in [3.63, 3.8) is 0 Å². The molecule has 1 nitrogen and oxygen atoms in total. The molecule has 0 fully saturated rings. The SMILES string of the molecule is NCCc1cc(Cl)ccc1-c1c(Cl)ccc(Cl)c1Cl. The van der Waals surface area contributed by atoms with Gasteiger partial charge in [0.25, 0.3) is 0 Å². The third kappa shape index (κ3) is 3.18. The molecule has 0 saturated heterocycles. The van der Waals surface area contributed by atoms with Gasteiger partial charge in [-0.2, -0.15) is 0 Å². The van der Waals surface area contributed by atoms with Crippen molar-refractivity contribution in [2.45, 2.75) is 6.42 Å². The van der Waals surface area contributed by atoms with Crippen LogP contribution < -0.4 is 5.73 Å². The van der Waals surface area contributed by atoms with Gasteiger partial charge in [-0.05, 0) is 48.4 Å². The maximum atomic E-state index is 6.26. The lowest BCUT2D eigenvalue weighted by molar-refractivity contribution is 0.971. The lowest BCUT2D eigenvalue weighted by Gasteiger charge is -2.13. The molecule has 2 aromatic carbocycles. The maximum absolute atomic E-state index is 6.26. The van der Waals surface area contributed by atoms with Crippen LogP contribution in [-0.2, 0) is 6.42 Å². The lowest BCUT2D eigenvalue weighted by Crippen LogP contribution is -2.04. The molecule has 0 aliphatic heterocycles. The monoisotopic (exact) mass is 333 g/mol. The predicted molar refractivity (Wildman–Crippen MR) is 84.7 cm³/mol. The summed E-state index contributed by atoms with van der Waals surface area (Å²) >= 11 is 24.6. The Balaban J connectivity index is 2.68. The molecule has 0 aliphatic rings. The van der Waals surface area contributed by atoms with Gasteiger partial charge in [-0.1, -0.05) is 52.5 Å². The summed E-state index contributed by atoms with van der Waals surface area (Å²) in [5.74, 6) is 0. The third-order valence-electron chi connectivity index (χ3n) is 2.79. The summed E-state index contributed by atoms with van der Waals surface area (Å²) in [5, 5.41) is 2.11. The molecule has 0 amide bonds. The zero-order chi connectivity index (χ0) is 14.0. The molecule has 0 bridgehead atoms. The van der Waals surface area contributed by atoms with Gasteiger partial charge < -0.3 is 5.73 Å². The highest BCUT2D eigenvalue weighted by atomic mass is 35.5. The highest BCUT2D eigenvalue weighted by Gasteiger charge is 2.15. The molecule has 0 unspecified atom stereocenters. The summed E-state index contributed by atoms with van der Waals surface area (Å²) in [7, 11) is 0. The Morgan fingerprint density at radius 3 is 2.26 bits per heavy atom. The molecule has 5 heteroatoms. The molecule has 0 saturated carbocycles. The number of halogens is 4. The Kier molecular flexibility index (Phi) is 4.99. The number of benzene rings is 2. The largest absolute Gasteiger partial charge is 0.330 e. The van der Waals surface area contributed by atoms with Crippen molar-refractivity contribution in [3.05, 3.63) is 56.0 Å². The van der Waals surface area contributed by atoms with Crippen LogP contribution in [0, 0.1) is 0 Å². The molecule has 19 heavy (non-hydrogen) atoms. The first-order valence-electron chi connectivity index (χ1n) is 5.67. The number of hydrogen-bond donors (Lipinski definition) is 1. The van der Waals surface area contributed by atoms with Gasteiger partial charge in [0.1, 0.15) is 0 Å². The molecule has 0 aromatic heterocycles. The van der Waals surface area contributed by atoms with E-state index in [2.05, 4.69) is 0 Å². The zero-order valence-corrected chi connectivity index (χ0v) is 12.9. The highest BCUT2D eigenvalue weighted by Crippen LogP contribution is 2.41. The average molecular weight is 335 g/mol. The maximum Gasteiger partial charge on any atom is 0.0685 e. The second-order valence-corrected chi connectivity index (χ2v) is 5.69. The topological polar surface area (TPSA) is 26.0 Å². The summed E-state index contributed by atoms with van der Waals surface area (Å²) in [6, 6.07) is 8.96. The molecule has 0 aliphatic carbocycles. The van der Waals surface area contributed by atoms with Crippen molar-refractivity contribution in [1.29, 1.82) is 0 Å². The number of rotatable bonds is 3. The molecule has 2 N–H and O–H groups in total. The van der Waals surface area contributed by atoms with Gasteiger partial charge in [-0.3, -0.25) is 0 Å². The van der Waals surface area contributed by atoms with Crippen LogP contribution in [0.3, 0.4) is 0 Å². The normalized spacial score (nSPS) is 10.8. The fraction of sp³-hybridized carbons (Fsp3) is 0.143. The van der Waals surface area contributed by atoms with Crippen molar-refractivity contribution >= 4 is 46.4 Å². The van der Waals surface area contributed by atoms with Crippen LogP contribution in [-0.4, -0.2) is 6.54 Å². The Hall–Kier alpha value is -0.440. The Morgan fingerprint density at radius 2 is 1.58 bits per heavy atom. The molecular weight excluding hydrogens is 324 g/mol. The van der Waals surface area contributed by atoms with Gasteiger partial charge >= 0.3 is 0 Å². The Labute approximate surface area is 132 Å². The minimum atomic E-state index is 0.440. The van der Waals surface area contributed by atoms with Gasteiger partial charge in [0, 0.05) is 10.6 Å². The molecule has 0 radical (unpaired) electrons. The lowest BCUT2D eigenvalue weighted by atomic mass is 9.97. The molecule has 2 aromatic rings. The zero-order valence-electron chi connectivity index (χ0n) is 9.89. The van der Waals surface area contributed by atoms with Gasteiger partial charge in [0.2, 0.25) is 0 Å². The predicted octanol–water partition coefficient (Wildman–Crippen LogP) is 5.47. The van der Waals surface area contributed by atoms with Crippen molar-refractivity contribution in [2.24, 2.45) is 5.73 Å². The van der Waals surface area contributed by atoms with E-state index >= 15 is 0 Å². The minimum absolute atomic E-state index is 0.440. The van der Waals surface area contributed by atoms with E-state index < -0.39 is 0 Å². The second kappa shape index (κ2) is 6.34. The van der Waals surface area contributed by atoms with Crippen LogP contribution in [0.2, 0.25) is 20.1 Å². The van der Waals surface area contributed by atoms with Crippen LogP contribution in [0.5, 0.6) is 0 Å². The Morgan fingerprint density at radius 1 is 0.895 bits per heavy atom. The van der Waals surface area contributed by atoms with E-state index in [1.165, 1.54) is 0 Å². The molecule has 0 spiro atoms. The summed E-state index contributed by atoms with van der Waals surface area (Å²) in [6.45, 7) is 0.517. The van der Waals surface area contributed by atoms with Crippen LogP contribution >= 0.6 is 46.4 Å². The van der Waals surface area contributed by atoms with Gasteiger partial charge in [0.05, 0.1) is 15.1 Å². The summed E-state index contributed by atoms with van der Waals surface area (Å²) in [4.78, 5) is 0. The standard InChI is InChI=1S/C14H11Cl4N/c15-9-1-2-10(8(7-9)5-6-19)13-11(16)3-4-12(17)14(13)18/h1-4,7H,5-6,19H2. The fourth-order valence-electron chi connectivity index (χ4n) is 1.94. The second-order valence-electron chi connectivity index (χ2n) is 4.06. The van der Waals surface area contributed by atoms with Gasteiger partial charge in [0.15, 0.2) is 0 Å². The van der Waals surface area contributed by atoms with Crippen LogP contribution in [0.1, 0.15) is 5.56 Å². The van der Waals surface area contributed by atoms with E-state index in [4.69, 9.17) is 52.1 Å².